The van der Waals surface area contributed by atoms with Gasteiger partial charge in [0.1, 0.15) is 4.21 Å². The molecule has 0 aromatic carbocycles. The van der Waals surface area contributed by atoms with Crippen LogP contribution in [-0.2, 0) is 10.0 Å². The average molecular weight is 307 g/mol. The Morgan fingerprint density at radius 3 is 2.37 bits per heavy atom. The SMILES string of the molecule is CC(NS(=O)(=O)c1cc([N+](=O)[O-])c(N)s1)C(C)(C)C. The van der Waals surface area contributed by atoms with Crippen molar-refractivity contribution in [2.24, 2.45) is 5.41 Å². The van der Waals surface area contributed by atoms with Crippen LogP contribution in [0.2, 0.25) is 0 Å². The van der Waals surface area contributed by atoms with Crippen LogP contribution in [0.5, 0.6) is 0 Å². The second kappa shape index (κ2) is 5.06. The van der Waals surface area contributed by atoms with Crippen LogP contribution in [0, 0.1) is 15.5 Å². The summed E-state index contributed by atoms with van der Waals surface area (Å²) in [5.74, 6) is 0. The van der Waals surface area contributed by atoms with Crippen molar-refractivity contribution in [1.82, 2.24) is 4.72 Å². The molecular formula is C10H17N3O4S2. The zero-order valence-electron chi connectivity index (χ0n) is 11.1. The van der Waals surface area contributed by atoms with E-state index in [4.69, 9.17) is 5.73 Å². The number of nitrogens with two attached hydrogens (primary N) is 1. The third kappa shape index (κ3) is 3.64. The van der Waals surface area contributed by atoms with Crippen LogP contribution < -0.4 is 10.5 Å². The Balaban J connectivity index is 3.08. The number of thiophene rings is 1. The van der Waals surface area contributed by atoms with E-state index in [-0.39, 0.29) is 26.4 Å². The lowest BCUT2D eigenvalue weighted by Crippen LogP contribution is -2.41. The highest BCUT2D eigenvalue weighted by atomic mass is 32.2. The highest BCUT2D eigenvalue weighted by molar-refractivity contribution is 7.91. The van der Waals surface area contributed by atoms with Crippen LogP contribution in [-0.4, -0.2) is 19.4 Å². The monoisotopic (exact) mass is 307 g/mol. The van der Waals surface area contributed by atoms with Crippen LogP contribution >= 0.6 is 11.3 Å². The lowest BCUT2D eigenvalue weighted by atomic mass is 9.89. The summed E-state index contributed by atoms with van der Waals surface area (Å²) in [6.07, 6.45) is 0. The second-order valence-corrected chi connectivity index (χ2v) is 8.31. The van der Waals surface area contributed by atoms with Gasteiger partial charge in [-0.15, -0.1) is 0 Å². The van der Waals surface area contributed by atoms with Gasteiger partial charge in [0.25, 0.3) is 10.0 Å². The zero-order valence-corrected chi connectivity index (χ0v) is 12.8. The first-order valence-electron chi connectivity index (χ1n) is 5.51. The second-order valence-electron chi connectivity index (χ2n) is 5.28. The Hall–Kier alpha value is -1.19. The van der Waals surface area contributed by atoms with Gasteiger partial charge in [0.15, 0.2) is 5.00 Å². The van der Waals surface area contributed by atoms with Crippen LogP contribution in [0.1, 0.15) is 27.7 Å². The maximum Gasteiger partial charge on any atom is 0.304 e. The molecule has 1 aromatic heterocycles. The molecule has 0 bridgehead atoms. The molecule has 0 spiro atoms. The number of anilines is 1. The number of nitrogen functional groups attached to an aromatic ring is 1. The summed E-state index contributed by atoms with van der Waals surface area (Å²) >= 11 is 0.688. The number of hydrogen-bond donors (Lipinski definition) is 2. The van der Waals surface area contributed by atoms with Gasteiger partial charge in [-0.3, -0.25) is 10.1 Å². The first-order chi connectivity index (χ1) is 8.45. The van der Waals surface area contributed by atoms with Crippen molar-refractivity contribution in [2.75, 3.05) is 5.73 Å². The number of hydrogen-bond acceptors (Lipinski definition) is 6. The number of sulfonamides is 1. The third-order valence-electron chi connectivity index (χ3n) is 2.81. The minimum absolute atomic E-state index is 0.117. The third-order valence-corrected chi connectivity index (χ3v) is 5.78. The van der Waals surface area contributed by atoms with Gasteiger partial charge in [0.05, 0.1) is 4.92 Å². The molecule has 0 amide bonds. The largest absolute Gasteiger partial charge is 0.385 e. The van der Waals surface area contributed by atoms with Gasteiger partial charge >= 0.3 is 5.69 Å². The highest BCUT2D eigenvalue weighted by Crippen LogP contribution is 2.34. The molecule has 1 atom stereocenters. The molecule has 1 unspecified atom stereocenters. The Morgan fingerprint density at radius 2 is 2.00 bits per heavy atom. The molecule has 0 saturated heterocycles. The van der Waals surface area contributed by atoms with E-state index in [1.54, 1.807) is 6.92 Å². The van der Waals surface area contributed by atoms with Crippen molar-refractivity contribution in [3.63, 3.8) is 0 Å². The molecule has 7 nitrogen and oxygen atoms in total. The molecule has 0 aliphatic heterocycles. The number of nitrogens with one attached hydrogen (secondary N) is 1. The number of rotatable bonds is 4. The summed E-state index contributed by atoms with van der Waals surface area (Å²) in [6.45, 7) is 7.42. The molecule has 1 aromatic rings. The Bertz CT molecular complexity index is 586. The van der Waals surface area contributed by atoms with Crippen molar-refractivity contribution in [3.8, 4) is 0 Å². The smallest absolute Gasteiger partial charge is 0.304 e. The fourth-order valence-electron chi connectivity index (χ4n) is 1.12. The lowest BCUT2D eigenvalue weighted by Gasteiger charge is -2.27. The van der Waals surface area contributed by atoms with E-state index in [0.29, 0.717) is 11.3 Å². The molecule has 0 aliphatic carbocycles. The van der Waals surface area contributed by atoms with Gasteiger partial charge in [-0.05, 0) is 12.3 Å². The summed E-state index contributed by atoms with van der Waals surface area (Å²) < 4.78 is 26.5. The van der Waals surface area contributed by atoms with Crippen LogP contribution in [0.15, 0.2) is 10.3 Å². The molecule has 0 aliphatic rings. The number of nitrogens with zero attached hydrogens (tertiary/aromatic N) is 1. The van der Waals surface area contributed by atoms with E-state index < -0.39 is 14.9 Å². The van der Waals surface area contributed by atoms with Gasteiger partial charge in [0.2, 0.25) is 0 Å². The Morgan fingerprint density at radius 1 is 1.47 bits per heavy atom. The lowest BCUT2D eigenvalue weighted by molar-refractivity contribution is -0.383. The fraction of sp³-hybridized carbons (Fsp3) is 0.600. The maximum atomic E-state index is 12.1. The molecule has 108 valence electrons. The van der Waals surface area contributed by atoms with Crippen molar-refractivity contribution < 1.29 is 13.3 Å². The van der Waals surface area contributed by atoms with E-state index in [2.05, 4.69) is 4.72 Å². The summed E-state index contributed by atoms with van der Waals surface area (Å²) in [5.41, 5.74) is 4.80. The predicted molar refractivity (Wildman–Crippen MR) is 74.6 cm³/mol. The van der Waals surface area contributed by atoms with Crippen molar-refractivity contribution in [3.05, 3.63) is 16.2 Å². The fourth-order valence-corrected chi connectivity index (χ4v) is 3.80. The van der Waals surface area contributed by atoms with Crippen LogP contribution in [0.25, 0.3) is 0 Å². The van der Waals surface area contributed by atoms with Crippen molar-refractivity contribution in [1.29, 1.82) is 0 Å². The maximum absolute atomic E-state index is 12.1. The van der Waals surface area contributed by atoms with Gasteiger partial charge in [-0.25, -0.2) is 13.1 Å². The van der Waals surface area contributed by atoms with Gasteiger partial charge in [0, 0.05) is 12.1 Å². The normalized spacial score (nSPS) is 14.3. The molecule has 1 heterocycles. The summed E-state index contributed by atoms with van der Waals surface area (Å²) in [5, 5.41) is 10.5. The van der Waals surface area contributed by atoms with E-state index in [0.717, 1.165) is 6.07 Å². The van der Waals surface area contributed by atoms with Crippen LogP contribution in [0.3, 0.4) is 0 Å². The molecule has 0 fully saturated rings. The topological polar surface area (TPSA) is 115 Å². The molecular weight excluding hydrogens is 290 g/mol. The van der Waals surface area contributed by atoms with E-state index in [9.17, 15) is 18.5 Å². The van der Waals surface area contributed by atoms with E-state index in [1.165, 1.54) is 0 Å². The quantitative estimate of drug-likeness (QED) is 0.651. The highest BCUT2D eigenvalue weighted by Gasteiger charge is 2.29. The Labute approximate surface area is 116 Å². The number of nitro groups is 1. The average Bonchev–Trinajstić information content (AvgIpc) is 2.58. The molecule has 9 heteroatoms. The minimum atomic E-state index is -3.79. The summed E-state index contributed by atoms with van der Waals surface area (Å²) in [7, 11) is -3.79. The summed E-state index contributed by atoms with van der Waals surface area (Å²) in [6, 6.07) is 0.664. The zero-order chi connectivity index (χ0) is 15.0. The van der Waals surface area contributed by atoms with Gasteiger partial charge in [-0.1, -0.05) is 32.1 Å². The molecule has 3 N–H and O–H groups in total. The first-order valence-corrected chi connectivity index (χ1v) is 7.81. The van der Waals surface area contributed by atoms with Crippen LogP contribution in [0.4, 0.5) is 10.7 Å². The molecule has 0 radical (unpaired) electrons. The summed E-state index contributed by atoms with van der Waals surface area (Å²) in [4.78, 5) is 9.96. The standard InChI is InChI=1S/C10H17N3O4S2/c1-6(10(2,3)4)12-19(16,17)8-5-7(13(14)15)9(11)18-8/h5-6,12H,11H2,1-4H3. The molecule has 19 heavy (non-hydrogen) atoms. The van der Waals surface area contributed by atoms with E-state index in [1.807, 2.05) is 20.8 Å². The first kappa shape index (κ1) is 15.9. The Kier molecular flexibility index (Phi) is 4.23. The van der Waals surface area contributed by atoms with E-state index >= 15 is 0 Å². The minimum Gasteiger partial charge on any atom is -0.385 e. The van der Waals surface area contributed by atoms with Crippen molar-refractivity contribution in [2.45, 2.75) is 37.9 Å². The molecule has 1 rings (SSSR count). The van der Waals surface area contributed by atoms with Gasteiger partial charge < -0.3 is 5.73 Å². The van der Waals surface area contributed by atoms with Gasteiger partial charge in [-0.2, -0.15) is 0 Å². The molecule has 0 saturated carbocycles. The predicted octanol–water partition coefficient (Wildman–Crippen LogP) is 1.95. The van der Waals surface area contributed by atoms with Crippen molar-refractivity contribution >= 4 is 32.0 Å².